The van der Waals surface area contributed by atoms with Crippen molar-refractivity contribution in [3.8, 4) is 0 Å². The van der Waals surface area contributed by atoms with E-state index in [1.807, 2.05) is 0 Å². The van der Waals surface area contributed by atoms with E-state index in [2.05, 4.69) is 45.0 Å². The van der Waals surface area contributed by atoms with Crippen molar-refractivity contribution in [2.45, 2.75) is 53.0 Å². The molecule has 1 N–H and O–H groups in total. The maximum Gasteiger partial charge on any atom is 0.0102 e. The molecule has 0 aliphatic carbocycles. The van der Waals surface area contributed by atoms with Crippen LogP contribution in [0.15, 0.2) is 0 Å². The first-order valence-corrected chi connectivity index (χ1v) is 6.59. The third kappa shape index (κ3) is 6.16. The molecule has 0 fully saturated rings. The van der Waals surface area contributed by atoms with Gasteiger partial charge in [0.15, 0.2) is 0 Å². The molecule has 92 valence electrons. The van der Waals surface area contributed by atoms with Crippen LogP contribution in [0, 0.1) is 5.92 Å². The summed E-state index contributed by atoms with van der Waals surface area (Å²) in [5.41, 5.74) is 0. The molecule has 0 aliphatic rings. The van der Waals surface area contributed by atoms with Crippen molar-refractivity contribution >= 4 is 0 Å². The summed E-state index contributed by atoms with van der Waals surface area (Å²) in [4.78, 5) is 2.50. The normalized spacial score (nSPS) is 15.6. The highest BCUT2D eigenvalue weighted by Gasteiger charge is 2.14. The van der Waals surface area contributed by atoms with E-state index in [9.17, 15) is 0 Å². The molecule has 0 aromatic rings. The standard InChI is InChI=1S/C13H30N2/c1-6-9-12(4)13(14-5)10-11-15(7-2)8-3/h12-14H,6-11H2,1-5H3. The van der Waals surface area contributed by atoms with Crippen molar-refractivity contribution in [3.63, 3.8) is 0 Å². The Balaban J connectivity index is 3.87. The predicted octanol–water partition coefficient (Wildman–Crippen LogP) is 2.74. The lowest BCUT2D eigenvalue weighted by molar-refractivity contribution is 0.258. The number of nitrogens with zero attached hydrogens (tertiary/aromatic N) is 1. The molecule has 0 radical (unpaired) electrons. The summed E-state index contributed by atoms with van der Waals surface area (Å²) in [7, 11) is 2.10. The lowest BCUT2D eigenvalue weighted by Crippen LogP contribution is -2.36. The minimum atomic E-state index is 0.686. The number of hydrogen-bond donors (Lipinski definition) is 1. The number of rotatable bonds is 9. The molecule has 0 aromatic carbocycles. The molecular formula is C13H30N2. The summed E-state index contributed by atoms with van der Waals surface area (Å²) in [6.45, 7) is 12.7. The molecule has 0 rings (SSSR count). The topological polar surface area (TPSA) is 15.3 Å². The van der Waals surface area contributed by atoms with E-state index >= 15 is 0 Å². The van der Waals surface area contributed by atoms with Crippen molar-refractivity contribution in [3.05, 3.63) is 0 Å². The zero-order valence-corrected chi connectivity index (χ0v) is 11.3. The van der Waals surface area contributed by atoms with E-state index in [1.54, 1.807) is 0 Å². The summed E-state index contributed by atoms with van der Waals surface area (Å²) < 4.78 is 0. The van der Waals surface area contributed by atoms with Crippen molar-refractivity contribution in [1.29, 1.82) is 0 Å². The smallest absolute Gasteiger partial charge is 0.0102 e. The Bertz CT molecular complexity index is 132. The van der Waals surface area contributed by atoms with Gasteiger partial charge in [-0.1, -0.05) is 34.1 Å². The minimum Gasteiger partial charge on any atom is -0.317 e. The maximum absolute atomic E-state index is 3.46. The van der Waals surface area contributed by atoms with Gasteiger partial charge in [0, 0.05) is 6.04 Å². The van der Waals surface area contributed by atoms with Crippen molar-refractivity contribution in [1.82, 2.24) is 10.2 Å². The quantitative estimate of drug-likeness (QED) is 0.635. The van der Waals surface area contributed by atoms with E-state index in [0.29, 0.717) is 6.04 Å². The van der Waals surface area contributed by atoms with Crippen LogP contribution < -0.4 is 5.32 Å². The van der Waals surface area contributed by atoms with Crippen molar-refractivity contribution in [2.24, 2.45) is 5.92 Å². The van der Waals surface area contributed by atoms with Gasteiger partial charge in [-0.15, -0.1) is 0 Å². The van der Waals surface area contributed by atoms with E-state index < -0.39 is 0 Å². The van der Waals surface area contributed by atoms with Crippen LogP contribution >= 0.6 is 0 Å². The van der Waals surface area contributed by atoms with Gasteiger partial charge in [0.1, 0.15) is 0 Å². The van der Waals surface area contributed by atoms with Crippen LogP contribution in [0.5, 0.6) is 0 Å². The van der Waals surface area contributed by atoms with Crippen LogP contribution in [0.1, 0.15) is 47.0 Å². The molecule has 0 aliphatic heterocycles. The first-order chi connectivity index (χ1) is 7.19. The van der Waals surface area contributed by atoms with Gasteiger partial charge in [0.2, 0.25) is 0 Å². The highest BCUT2D eigenvalue weighted by Crippen LogP contribution is 2.13. The van der Waals surface area contributed by atoms with Gasteiger partial charge in [-0.2, -0.15) is 0 Å². The van der Waals surface area contributed by atoms with Gasteiger partial charge in [0.25, 0.3) is 0 Å². The zero-order chi connectivity index (χ0) is 11.7. The Labute approximate surface area is 96.4 Å². The molecular weight excluding hydrogens is 184 g/mol. The van der Waals surface area contributed by atoms with E-state index in [0.717, 1.165) is 5.92 Å². The lowest BCUT2D eigenvalue weighted by Gasteiger charge is -2.26. The summed E-state index contributed by atoms with van der Waals surface area (Å²) in [6, 6.07) is 0.686. The fraction of sp³-hybridized carbons (Fsp3) is 1.00. The van der Waals surface area contributed by atoms with Crippen LogP contribution in [0.4, 0.5) is 0 Å². The Morgan fingerprint density at radius 3 is 2.07 bits per heavy atom. The first-order valence-electron chi connectivity index (χ1n) is 6.59. The summed E-state index contributed by atoms with van der Waals surface area (Å²) in [5.74, 6) is 0.801. The summed E-state index contributed by atoms with van der Waals surface area (Å²) in [6.07, 6.45) is 3.91. The van der Waals surface area contributed by atoms with Gasteiger partial charge < -0.3 is 10.2 Å². The highest BCUT2D eigenvalue weighted by atomic mass is 15.1. The fourth-order valence-corrected chi connectivity index (χ4v) is 2.23. The summed E-state index contributed by atoms with van der Waals surface area (Å²) in [5, 5.41) is 3.46. The monoisotopic (exact) mass is 214 g/mol. The SMILES string of the molecule is CCCC(C)C(CCN(CC)CC)NC. The van der Waals surface area contributed by atoms with E-state index in [1.165, 1.54) is 38.9 Å². The molecule has 0 saturated heterocycles. The molecule has 0 amide bonds. The van der Waals surface area contributed by atoms with Gasteiger partial charge in [-0.3, -0.25) is 0 Å². The molecule has 0 bridgehead atoms. The molecule has 2 unspecified atom stereocenters. The second-order valence-electron chi connectivity index (χ2n) is 4.48. The van der Waals surface area contributed by atoms with Crippen LogP contribution in [-0.4, -0.2) is 37.6 Å². The Hall–Kier alpha value is -0.0800. The van der Waals surface area contributed by atoms with Gasteiger partial charge in [0.05, 0.1) is 0 Å². The first kappa shape index (κ1) is 14.9. The number of hydrogen-bond acceptors (Lipinski definition) is 2. The van der Waals surface area contributed by atoms with Crippen LogP contribution in [0.25, 0.3) is 0 Å². The van der Waals surface area contributed by atoms with Crippen molar-refractivity contribution < 1.29 is 0 Å². The Morgan fingerprint density at radius 2 is 1.67 bits per heavy atom. The van der Waals surface area contributed by atoms with Gasteiger partial charge in [-0.25, -0.2) is 0 Å². The Morgan fingerprint density at radius 1 is 1.07 bits per heavy atom. The van der Waals surface area contributed by atoms with E-state index in [-0.39, 0.29) is 0 Å². The fourth-order valence-electron chi connectivity index (χ4n) is 2.23. The average molecular weight is 214 g/mol. The molecule has 2 nitrogen and oxygen atoms in total. The van der Waals surface area contributed by atoms with Crippen LogP contribution in [0.3, 0.4) is 0 Å². The molecule has 15 heavy (non-hydrogen) atoms. The number of nitrogens with one attached hydrogen (secondary N) is 1. The molecule has 0 aromatic heterocycles. The second kappa shape index (κ2) is 9.17. The minimum absolute atomic E-state index is 0.686. The van der Waals surface area contributed by atoms with Crippen LogP contribution in [0.2, 0.25) is 0 Å². The predicted molar refractivity (Wildman–Crippen MR) is 69.3 cm³/mol. The van der Waals surface area contributed by atoms with Crippen molar-refractivity contribution in [2.75, 3.05) is 26.7 Å². The Kier molecular flexibility index (Phi) is 9.12. The van der Waals surface area contributed by atoms with Gasteiger partial charge in [-0.05, 0) is 45.4 Å². The second-order valence-corrected chi connectivity index (χ2v) is 4.48. The maximum atomic E-state index is 3.46. The molecule has 2 atom stereocenters. The van der Waals surface area contributed by atoms with E-state index in [4.69, 9.17) is 0 Å². The molecule has 2 heteroatoms. The third-order valence-corrected chi connectivity index (χ3v) is 3.45. The molecule has 0 heterocycles. The highest BCUT2D eigenvalue weighted by molar-refractivity contribution is 4.73. The molecule has 0 spiro atoms. The zero-order valence-electron chi connectivity index (χ0n) is 11.3. The molecule has 0 saturated carbocycles. The largest absolute Gasteiger partial charge is 0.317 e. The third-order valence-electron chi connectivity index (χ3n) is 3.45. The van der Waals surface area contributed by atoms with Gasteiger partial charge >= 0.3 is 0 Å². The summed E-state index contributed by atoms with van der Waals surface area (Å²) >= 11 is 0. The van der Waals surface area contributed by atoms with Crippen LogP contribution in [-0.2, 0) is 0 Å². The average Bonchev–Trinajstić information content (AvgIpc) is 2.25. The lowest BCUT2D eigenvalue weighted by atomic mass is 9.94.